The zero-order chi connectivity index (χ0) is 12.1. The summed E-state index contributed by atoms with van der Waals surface area (Å²) in [6, 6.07) is 4.01. The molecule has 1 heterocycles. The Morgan fingerprint density at radius 3 is 2.75 bits per heavy atom. The maximum atomic E-state index is 11.3. The summed E-state index contributed by atoms with van der Waals surface area (Å²) in [5, 5.41) is 23.1. The van der Waals surface area contributed by atoms with Gasteiger partial charge in [-0.15, -0.1) is 0 Å². The number of amides is 2. The first kappa shape index (κ1) is 11.8. The van der Waals surface area contributed by atoms with Gasteiger partial charge in [0.05, 0.1) is 6.20 Å². The van der Waals surface area contributed by atoms with Gasteiger partial charge in [0.2, 0.25) is 0 Å². The van der Waals surface area contributed by atoms with Gasteiger partial charge in [-0.25, -0.2) is 9.52 Å². The molecule has 0 aliphatic rings. The van der Waals surface area contributed by atoms with Crippen molar-refractivity contribution in [1.82, 2.24) is 10.2 Å². The SMILES string of the molecule is CN(C)C(=N)NC(=O)Nc1cccc[n+]1[O-]. The molecule has 1 aromatic heterocycles. The van der Waals surface area contributed by atoms with Gasteiger partial charge in [-0.05, 0) is 6.07 Å². The molecule has 0 atom stereocenters. The van der Waals surface area contributed by atoms with E-state index in [2.05, 4.69) is 10.6 Å². The molecule has 2 amide bonds. The standard InChI is InChI=1S/C9H13N5O2/c1-13(2)8(10)12-9(15)11-7-5-3-4-6-14(7)16/h3-6H,1-2H3,(H3,10,11,12,15). The normalized spacial score (nSPS) is 9.38. The Kier molecular flexibility index (Phi) is 3.65. The lowest BCUT2D eigenvalue weighted by molar-refractivity contribution is -0.590. The summed E-state index contributed by atoms with van der Waals surface area (Å²) in [4.78, 5) is 12.8. The summed E-state index contributed by atoms with van der Waals surface area (Å²) in [6.45, 7) is 0. The van der Waals surface area contributed by atoms with Crippen molar-refractivity contribution >= 4 is 17.8 Å². The van der Waals surface area contributed by atoms with E-state index in [4.69, 9.17) is 5.41 Å². The molecule has 0 fully saturated rings. The number of pyridine rings is 1. The highest BCUT2D eigenvalue weighted by atomic mass is 16.5. The molecule has 0 aliphatic carbocycles. The van der Waals surface area contributed by atoms with Gasteiger partial charge in [-0.1, -0.05) is 6.07 Å². The fraction of sp³-hybridized carbons (Fsp3) is 0.222. The molecular formula is C9H13N5O2. The van der Waals surface area contributed by atoms with Crippen LogP contribution in [0, 0.1) is 10.6 Å². The van der Waals surface area contributed by atoms with Gasteiger partial charge in [0.1, 0.15) is 0 Å². The van der Waals surface area contributed by atoms with Crippen LogP contribution in [0.4, 0.5) is 10.6 Å². The minimum atomic E-state index is -0.630. The number of nitrogens with zero attached hydrogens (tertiary/aromatic N) is 2. The number of nitrogens with one attached hydrogen (secondary N) is 3. The Bertz CT molecular complexity index is 405. The van der Waals surface area contributed by atoms with Crippen molar-refractivity contribution in [3.63, 3.8) is 0 Å². The van der Waals surface area contributed by atoms with Crippen LogP contribution in [0.15, 0.2) is 24.4 Å². The van der Waals surface area contributed by atoms with Gasteiger partial charge >= 0.3 is 6.03 Å². The summed E-state index contributed by atoms with van der Waals surface area (Å²) in [5.41, 5.74) is 0. The van der Waals surface area contributed by atoms with Crippen molar-refractivity contribution in [2.45, 2.75) is 0 Å². The van der Waals surface area contributed by atoms with Crippen molar-refractivity contribution in [2.24, 2.45) is 0 Å². The highest BCUT2D eigenvalue weighted by Gasteiger charge is 2.12. The number of rotatable bonds is 1. The van der Waals surface area contributed by atoms with E-state index in [0.717, 1.165) is 0 Å². The van der Waals surface area contributed by atoms with Crippen LogP contribution >= 0.6 is 0 Å². The second-order valence-corrected chi connectivity index (χ2v) is 3.23. The van der Waals surface area contributed by atoms with Crippen molar-refractivity contribution in [1.29, 1.82) is 5.41 Å². The maximum absolute atomic E-state index is 11.3. The molecule has 0 bridgehead atoms. The third-order valence-corrected chi connectivity index (χ3v) is 1.74. The predicted molar refractivity (Wildman–Crippen MR) is 59.0 cm³/mol. The lowest BCUT2D eigenvalue weighted by Crippen LogP contribution is -2.43. The Morgan fingerprint density at radius 2 is 2.19 bits per heavy atom. The number of carbonyl (C=O) groups excluding carboxylic acids is 1. The van der Waals surface area contributed by atoms with E-state index >= 15 is 0 Å². The molecule has 0 saturated carbocycles. The number of aromatic nitrogens is 1. The molecule has 1 rings (SSSR count). The van der Waals surface area contributed by atoms with E-state index in [9.17, 15) is 10.0 Å². The minimum Gasteiger partial charge on any atom is -0.711 e. The lowest BCUT2D eigenvalue weighted by atomic mass is 10.4. The largest absolute Gasteiger partial charge is 0.711 e. The number of urea groups is 1. The van der Waals surface area contributed by atoms with Crippen LogP contribution in [0.5, 0.6) is 0 Å². The first-order chi connectivity index (χ1) is 7.50. The number of hydrogen-bond donors (Lipinski definition) is 3. The molecule has 0 aliphatic heterocycles. The van der Waals surface area contributed by atoms with Crippen LogP contribution in [0.25, 0.3) is 0 Å². The number of carbonyl (C=O) groups is 1. The molecule has 0 unspecified atom stereocenters. The molecule has 7 heteroatoms. The van der Waals surface area contributed by atoms with E-state index in [1.165, 1.54) is 17.2 Å². The molecule has 3 N–H and O–H groups in total. The van der Waals surface area contributed by atoms with Gasteiger partial charge in [0, 0.05) is 20.2 Å². The van der Waals surface area contributed by atoms with Crippen molar-refractivity contribution in [3.8, 4) is 0 Å². The fourth-order valence-corrected chi connectivity index (χ4v) is 0.892. The van der Waals surface area contributed by atoms with Crippen LogP contribution in [0.1, 0.15) is 0 Å². The quantitative estimate of drug-likeness (QED) is 0.269. The van der Waals surface area contributed by atoms with Gasteiger partial charge < -0.3 is 10.1 Å². The summed E-state index contributed by atoms with van der Waals surface area (Å²) in [5.74, 6) is 0.0393. The Balaban J connectivity index is 2.59. The van der Waals surface area contributed by atoms with Crippen LogP contribution in [0.2, 0.25) is 0 Å². The van der Waals surface area contributed by atoms with Crippen molar-refractivity contribution < 1.29 is 9.52 Å². The fourth-order valence-electron chi connectivity index (χ4n) is 0.892. The zero-order valence-electron chi connectivity index (χ0n) is 9.02. The third kappa shape index (κ3) is 3.12. The molecule has 0 spiro atoms. The molecule has 86 valence electrons. The number of guanidine groups is 1. The molecule has 7 nitrogen and oxygen atoms in total. The molecular weight excluding hydrogens is 210 g/mol. The summed E-state index contributed by atoms with van der Waals surface area (Å²) >= 11 is 0. The Morgan fingerprint density at radius 1 is 1.50 bits per heavy atom. The van der Waals surface area contributed by atoms with E-state index in [-0.39, 0.29) is 11.8 Å². The van der Waals surface area contributed by atoms with E-state index in [0.29, 0.717) is 4.73 Å². The molecule has 1 aromatic rings. The molecule has 0 saturated heterocycles. The van der Waals surface area contributed by atoms with Crippen LogP contribution in [-0.4, -0.2) is 31.0 Å². The minimum absolute atomic E-state index is 0.0640. The topological polar surface area (TPSA) is 95.2 Å². The van der Waals surface area contributed by atoms with Crippen LogP contribution in [0.3, 0.4) is 0 Å². The molecule has 16 heavy (non-hydrogen) atoms. The molecule has 0 radical (unpaired) electrons. The smallest absolute Gasteiger partial charge is 0.413 e. The van der Waals surface area contributed by atoms with Crippen molar-refractivity contribution in [3.05, 3.63) is 29.6 Å². The maximum Gasteiger partial charge on any atom is 0.413 e. The Hall–Kier alpha value is -2.31. The zero-order valence-corrected chi connectivity index (χ0v) is 9.02. The highest BCUT2D eigenvalue weighted by molar-refractivity contribution is 6.00. The molecule has 0 aromatic carbocycles. The van der Waals surface area contributed by atoms with Gasteiger partial charge in [0.25, 0.3) is 5.82 Å². The van der Waals surface area contributed by atoms with Crippen molar-refractivity contribution in [2.75, 3.05) is 19.4 Å². The monoisotopic (exact) mass is 223 g/mol. The number of hydrogen-bond acceptors (Lipinski definition) is 3. The van der Waals surface area contributed by atoms with Crippen LogP contribution < -0.4 is 15.4 Å². The van der Waals surface area contributed by atoms with Gasteiger partial charge in [0.15, 0.2) is 5.96 Å². The van der Waals surface area contributed by atoms with Crippen LogP contribution in [-0.2, 0) is 0 Å². The van der Waals surface area contributed by atoms with Gasteiger partial charge in [-0.3, -0.25) is 10.7 Å². The summed E-state index contributed by atoms with van der Waals surface area (Å²) in [7, 11) is 3.25. The predicted octanol–water partition coefficient (Wildman–Crippen LogP) is -0.0621. The van der Waals surface area contributed by atoms with E-state index in [1.807, 2.05) is 0 Å². The summed E-state index contributed by atoms with van der Waals surface area (Å²) in [6.07, 6.45) is 1.27. The summed E-state index contributed by atoms with van der Waals surface area (Å²) < 4.78 is 0.527. The highest BCUT2D eigenvalue weighted by Crippen LogP contribution is 1.96. The number of anilines is 1. The van der Waals surface area contributed by atoms with E-state index in [1.54, 1.807) is 26.2 Å². The average Bonchev–Trinajstić information content (AvgIpc) is 2.21. The van der Waals surface area contributed by atoms with E-state index < -0.39 is 6.03 Å². The van der Waals surface area contributed by atoms with Gasteiger partial charge in [-0.2, -0.15) is 5.32 Å². The first-order valence-electron chi connectivity index (χ1n) is 4.53. The second-order valence-electron chi connectivity index (χ2n) is 3.23. The average molecular weight is 223 g/mol. The Labute approximate surface area is 92.8 Å². The second kappa shape index (κ2) is 4.96. The first-order valence-corrected chi connectivity index (χ1v) is 4.53. The lowest BCUT2D eigenvalue weighted by Gasteiger charge is -2.13. The third-order valence-electron chi connectivity index (χ3n) is 1.74.